The zero-order valence-corrected chi connectivity index (χ0v) is 13.9. The van der Waals surface area contributed by atoms with Crippen molar-refractivity contribution in [3.63, 3.8) is 0 Å². The topological polar surface area (TPSA) is 29.3 Å². The summed E-state index contributed by atoms with van der Waals surface area (Å²) in [4.78, 5) is 2.40. The highest BCUT2D eigenvalue weighted by Gasteiger charge is 2.26. The van der Waals surface area contributed by atoms with Crippen molar-refractivity contribution in [3.8, 4) is 0 Å². The van der Waals surface area contributed by atoms with Crippen LogP contribution in [0.4, 0.5) is 4.39 Å². The van der Waals surface area contributed by atoms with E-state index in [9.17, 15) is 4.39 Å². The lowest BCUT2D eigenvalue weighted by Crippen LogP contribution is -2.40. The summed E-state index contributed by atoms with van der Waals surface area (Å²) >= 11 is 3.20. The van der Waals surface area contributed by atoms with Gasteiger partial charge in [-0.25, -0.2) is 4.39 Å². The fourth-order valence-corrected chi connectivity index (χ4v) is 3.36. The van der Waals surface area contributed by atoms with Crippen LogP contribution in [0.2, 0.25) is 0 Å². The second kappa shape index (κ2) is 7.01. The highest BCUT2D eigenvalue weighted by molar-refractivity contribution is 9.10. The fraction of sp³-hybridized carbons (Fsp3) is 0.625. The van der Waals surface area contributed by atoms with E-state index >= 15 is 0 Å². The summed E-state index contributed by atoms with van der Waals surface area (Å²) in [5.41, 5.74) is 6.92. The van der Waals surface area contributed by atoms with Crippen LogP contribution in [0.25, 0.3) is 0 Å². The number of nitrogens with zero attached hydrogens (tertiary/aromatic N) is 1. The molecule has 2 rings (SSSR count). The minimum absolute atomic E-state index is 0.130. The van der Waals surface area contributed by atoms with Crippen LogP contribution in [0.1, 0.15) is 38.3 Å². The smallest absolute Gasteiger partial charge is 0.137 e. The molecule has 1 heterocycles. The molecule has 0 bridgehead atoms. The van der Waals surface area contributed by atoms with E-state index in [2.05, 4.69) is 34.7 Å². The Kier molecular flexibility index (Phi) is 5.58. The van der Waals surface area contributed by atoms with Crippen LogP contribution in [0.5, 0.6) is 0 Å². The molecule has 0 aromatic heterocycles. The van der Waals surface area contributed by atoms with Crippen LogP contribution in [0, 0.1) is 17.7 Å². The summed E-state index contributed by atoms with van der Waals surface area (Å²) in [5.74, 6) is 1.35. The zero-order valence-electron chi connectivity index (χ0n) is 12.3. The van der Waals surface area contributed by atoms with E-state index in [0.29, 0.717) is 11.0 Å². The van der Waals surface area contributed by atoms with E-state index in [-0.39, 0.29) is 11.9 Å². The quantitative estimate of drug-likeness (QED) is 0.897. The maximum absolute atomic E-state index is 13.7. The number of benzene rings is 1. The van der Waals surface area contributed by atoms with E-state index in [1.54, 1.807) is 12.1 Å². The Labute approximate surface area is 129 Å². The Bertz CT molecular complexity index is 442. The molecule has 1 aromatic rings. The largest absolute Gasteiger partial charge is 0.329 e. The Balaban J connectivity index is 2.07. The second-order valence-electron chi connectivity index (χ2n) is 6.04. The molecule has 1 aromatic carbocycles. The second-order valence-corrected chi connectivity index (χ2v) is 6.90. The number of hydrogen-bond donors (Lipinski definition) is 1. The molecule has 2 N–H and O–H groups in total. The molecule has 1 fully saturated rings. The number of hydrogen-bond acceptors (Lipinski definition) is 2. The van der Waals surface area contributed by atoms with E-state index < -0.39 is 0 Å². The molecule has 1 aliphatic heterocycles. The van der Waals surface area contributed by atoms with Gasteiger partial charge in [-0.3, -0.25) is 4.90 Å². The first-order valence-corrected chi connectivity index (χ1v) is 8.21. The molecule has 2 nitrogen and oxygen atoms in total. The predicted molar refractivity (Wildman–Crippen MR) is 85.0 cm³/mol. The van der Waals surface area contributed by atoms with E-state index in [1.807, 2.05) is 6.07 Å². The minimum atomic E-state index is -0.210. The maximum atomic E-state index is 13.7. The first-order chi connectivity index (χ1) is 9.52. The molecule has 1 saturated heterocycles. The third-order valence-electron chi connectivity index (χ3n) is 4.51. The van der Waals surface area contributed by atoms with E-state index in [0.717, 1.165) is 30.5 Å². The van der Waals surface area contributed by atoms with Crippen molar-refractivity contribution in [2.75, 3.05) is 19.6 Å². The molecule has 20 heavy (non-hydrogen) atoms. The summed E-state index contributed by atoms with van der Waals surface area (Å²) in [7, 11) is 0. The average molecular weight is 343 g/mol. The zero-order chi connectivity index (χ0) is 14.7. The first kappa shape index (κ1) is 15.9. The molecule has 0 radical (unpaired) electrons. The van der Waals surface area contributed by atoms with E-state index in [1.165, 1.54) is 12.8 Å². The van der Waals surface area contributed by atoms with Gasteiger partial charge in [-0.1, -0.05) is 19.9 Å². The van der Waals surface area contributed by atoms with Crippen molar-refractivity contribution in [1.82, 2.24) is 4.90 Å². The highest BCUT2D eigenvalue weighted by atomic mass is 79.9. The Hall–Kier alpha value is -0.450. The molecule has 112 valence electrons. The Morgan fingerprint density at radius 3 is 2.50 bits per heavy atom. The van der Waals surface area contributed by atoms with Crippen molar-refractivity contribution in [2.24, 2.45) is 17.6 Å². The lowest BCUT2D eigenvalue weighted by Gasteiger charge is -2.38. The van der Waals surface area contributed by atoms with Gasteiger partial charge < -0.3 is 5.73 Å². The number of nitrogens with two attached hydrogens (primary N) is 1. The third kappa shape index (κ3) is 3.60. The van der Waals surface area contributed by atoms with Crippen molar-refractivity contribution < 1.29 is 4.39 Å². The van der Waals surface area contributed by atoms with Gasteiger partial charge in [-0.15, -0.1) is 0 Å². The third-order valence-corrected chi connectivity index (χ3v) is 5.15. The van der Waals surface area contributed by atoms with Crippen molar-refractivity contribution in [2.45, 2.75) is 32.7 Å². The van der Waals surface area contributed by atoms with Gasteiger partial charge in [-0.05, 0) is 71.4 Å². The summed E-state index contributed by atoms with van der Waals surface area (Å²) < 4.78 is 14.2. The van der Waals surface area contributed by atoms with Crippen molar-refractivity contribution in [3.05, 3.63) is 34.1 Å². The average Bonchev–Trinajstić information content (AvgIpc) is 2.44. The van der Waals surface area contributed by atoms with Gasteiger partial charge >= 0.3 is 0 Å². The summed E-state index contributed by atoms with van der Waals surface area (Å²) in [5, 5.41) is 0. The monoisotopic (exact) mass is 342 g/mol. The summed E-state index contributed by atoms with van der Waals surface area (Å²) in [6.45, 7) is 7.24. The van der Waals surface area contributed by atoms with Crippen molar-refractivity contribution >= 4 is 15.9 Å². The predicted octanol–water partition coefficient (Wildman–Crippen LogP) is 3.96. The molecule has 0 amide bonds. The molecule has 4 heteroatoms. The SMILES string of the molecule is CC(C)C1CCN(C(CN)c2ccc(Br)c(F)c2)CC1. The van der Waals surface area contributed by atoms with Crippen LogP contribution in [-0.2, 0) is 0 Å². The minimum Gasteiger partial charge on any atom is -0.329 e. The Morgan fingerprint density at radius 2 is 2.00 bits per heavy atom. The lowest BCUT2D eigenvalue weighted by molar-refractivity contribution is 0.117. The Morgan fingerprint density at radius 1 is 1.35 bits per heavy atom. The van der Waals surface area contributed by atoms with Gasteiger partial charge in [0.15, 0.2) is 0 Å². The van der Waals surface area contributed by atoms with Gasteiger partial charge in [0, 0.05) is 12.6 Å². The maximum Gasteiger partial charge on any atom is 0.137 e. The van der Waals surface area contributed by atoms with Crippen LogP contribution >= 0.6 is 15.9 Å². The molecule has 0 spiro atoms. The number of halogens is 2. The summed E-state index contributed by atoms with van der Waals surface area (Å²) in [6, 6.07) is 5.48. The van der Waals surface area contributed by atoms with Gasteiger partial charge in [0.2, 0.25) is 0 Å². The molecule has 1 aliphatic rings. The molecular formula is C16H24BrFN2. The molecule has 0 saturated carbocycles. The molecular weight excluding hydrogens is 319 g/mol. The number of likely N-dealkylation sites (tertiary alicyclic amines) is 1. The van der Waals surface area contributed by atoms with Crippen molar-refractivity contribution in [1.29, 1.82) is 0 Å². The van der Waals surface area contributed by atoms with Gasteiger partial charge in [0.25, 0.3) is 0 Å². The molecule has 1 unspecified atom stereocenters. The number of piperidine rings is 1. The fourth-order valence-electron chi connectivity index (χ4n) is 3.11. The van der Waals surface area contributed by atoms with E-state index in [4.69, 9.17) is 5.73 Å². The van der Waals surface area contributed by atoms with Crippen LogP contribution < -0.4 is 5.73 Å². The van der Waals surface area contributed by atoms with Gasteiger partial charge in [0.05, 0.1) is 4.47 Å². The normalized spacial score (nSPS) is 19.5. The van der Waals surface area contributed by atoms with Gasteiger partial charge in [-0.2, -0.15) is 0 Å². The standard InChI is InChI=1S/C16H24BrFN2/c1-11(2)12-5-7-20(8-6-12)16(10-19)13-3-4-14(17)15(18)9-13/h3-4,9,11-12,16H,5-8,10,19H2,1-2H3. The van der Waals surface area contributed by atoms with Crippen LogP contribution in [-0.4, -0.2) is 24.5 Å². The van der Waals surface area contributed by atoms with Crippen LogP contribution in [0.15, 0.2) is 22.7 Å². The lowest BCUT2D eigenvalue weighted by atomic mass is 9.86. The van der Waals surface area contributed by atoms with Gasteiger partial charge in [0.1, 0.15) is 5.82 Å². The van der Waals surface area contributed by atoms with Crippen LogP contribution in [0.3, 0.4) is 0 Å². The number of rotatable bonds is 4. The first-order valence-electron chi connectivity index (χ1n) is 7.42. The molecule has 0 aliphatic carbocycles. The highest BCUT2D eigenvalue weighted by Crippen LogP contribution is 2.30. The molecule has 1 atom stereocenters. The summed E-state index contributed by atoms with van der Waals surface area (Å²) in [6.07, 6.45) is 2.43.